The Labute approximate surface area is 80.0 Å². The van der Waals surface area contributed by atoms with Crippen molar-refractivity contribution < 1.29 is 0 Å². The topological polar surface area (TPSA) is 12.9 Å². The van der Waals surface area contributed by atoms with Crippen molar-refractivity contribution in [2.45, 2.75) is 20.3 Å². The molecule has 0 aliphatic carbocycles. The first-order chi connectivity index (χ1) is 5.14. The van der Waals surface area contributed by atoms with Gasteiger partial charge < -0.3 is 0 Å². The molecule has 0 aromatic carbocycles. The van der Waals surface area contributed by atoms with E-state index in [1.807, 2.05) is 5.51 Å². The number of hydrogen-bond acceptors (Lipinski definition) is 2. The Hall–Kier alpha value is 0.110. The zero-order chi connectivity index (χ0) is 8.32. The summed E-state index contributed by atoms with van der Waals surface area (Å²) in [4.78, 5) is 4.25. The first-order valence-corrected chi connectivity index (χ1v) is 5.63. The number of nitrogens with zero attached hydrogens (tertiary/aromatic N) is 1. The van der Waals surface area contributed by atoms with Gasteiger partial charge >= 0.3 is 0 Å². The van der Waals surface area contributed by atoms with Crippen LogP contribution in [0.15, 0.2) is 10.9 Å². The van der Waals surface area contributed by atoms with E-state index < -0.39 is 0 Å². The minimum absolute atomic E-state index is 0.327. The van der Waals surface area contributed by atoms with E-state index in [1.54, 1.807) is 11.3 Å². The molecule has 3 heteroatoms. The molecule has 0 aliphatic rings. The largest absolute Gasteiger partial charge is 0.250 e. The fourth-order valence-electron chi connectivity index (χ4n) is 0.862. The second kappa shape index (κ2) is 3.68. The van der Waals surface area contributed by atoms with E-state index >= 15 is 0 Å². The molecule has 0 radical (unpaired) electrons. The predicted molar refractivity (Wildman–Crippen MR) is 53.4 cm³/mol. The summed E-state index contributed by atoms with van der Waals surface area (Å²) < 4.78 is 0. The molecule has 1 aromatic heterocycles. The zero-order valence-electron chi connectivity index (χ0n) is 6.80. The number of alkyl halides is 1. The molecule has 1 aromatic rings. The van der Waals surface area contributed by atoms with E-state index in [4.69, 9.17) is 0 Å². The Bertz CT molecular complexity index is 206. The molecule has 0 aliphatic heterocycles. The van der Waals surface area contributed by atoms with Crippen molar-refractivity contribution in [2.75, 3.05) is 5.33 Å². The van der Waals surface area contributed by atoms with Crippen LogP contribution in [0, 0.1) is 5.41 Å². The number of rotatable bonds is 3. The molecule has 0 bridgehead atoms. The molecular weight excluding hydrogens is 222 g/mol. The maximum Gasteiger partial charge on any atom is 0.0794 e. The highest BCUT2D eigenvalue weighted by molar-refractivity contribution is 9.09. The van der Waals surface area contributed by atoms with Crippen LogP contribution in [-0.4, -0.2) is 10.3 Å². The van der Waals surface area contributed by atoms with Crippen LogP contribution in [0.1, 0.15) is 19.5 Å². The normalized spacial score (nSPS) is 11.9. The molecule has 1 heterocycles. The van der Waals surface area contributed by atoms with Crippen molar-refractivity contribution >= 4 is 27.3 Å². The van der Waals surface area contributed by atoms with E-state index in [0.29, 0.717) is 5.41 Å². The van der Waals surface area contributed by atoms with Crippen LogP contribution in [0.25, 0.3) is 0 Å². The second-order valence-electron chi connectivity index (χ2n) is 3.45. The fourth-order valence-corrected chi connectivity index (χ4v) is 1.62. The summed E-state index contributed by atoms with van der Waals surface area (Å²) in [6.07, 6.45) is 1.06. The summed E-state index contributed by atoms with van der Waals surface area (Å²) >= 11 is 5.16. The summed E-state index contributed by atoms with van der Waals surface area (Å²) in [5.74, 6) is 0. The second-order valence-corrected chi connectivity index (χ2v) is 4.73. The molecule has 0 fully saturated rings. The van der Waals surface area contributed by atoms with Crippen LogP contribution in [0.5, 0.6) is 0 Å². The summed E-state index contributed by atoms with van der Waals surface area (Å²) in [5.41, 5.74) is 3.42. The minimum atomic E-state index is 0.327. The fraction of sp³-hybridized carbons (Fsp3) is 0.625. The highest BCUT2D eigenvalue weighted by Gasteiger charge is 2.17. The third-order valence-electron chi connectivity index (χ3n) is 1.50. The van der Waals surface area contributed by atoms with Gasteiger partial charge in [-0.2, -0.15) is 0 Å². The van der Waals surface area contributed by atoms with Crippen molar-refractivity contribution in [3.8, 4) is 0 Å². The van der Waals surface area contributed by atoms with Gasteiger partial charge in [0.25, 0.3) is 0 Å². The Morgan fingerprint density at radius 3 is 2.82 bits per heavy atom. The van der Waals surface area contributed by atoms with Crippen LogP contribution < -0.4 is 0 Å². The van der Waals surface area contributed by atoms with Gasteiger partial charge in [0.1, 0.15) is 0 Å². The first-order valence-electron chi connectivity index (χ1n) is 3.57. The van der Waals surface area contributed by atoms with Crippen LogP contribution in [0.2, 0.25) is 0 Å². The van der Waals surface area contributed by atoms with E-state index in [0.717, 1.165) is 11.8 Å². The maximum absolute atomic E-state index is 4.25. The Morgan fingerprint density at radius 2 is 2.36 bits per heavy atom. The van der Waals surface area contributed by atoms with Crippen LogP contribution >= 0.6 is 27.3 Å². The molecule has 0 N–H and O–H groups in total. The summed E-state index contributed by atoms with van der Waals surface area (Å²) in [6.45, 7) is 4.47. The third kappa shape index (κ3) is 2.91. The lowest BCUT2D eigenvalue weighted by Crippen LogP contribution is -2.16. The van der Waals surface area contributed by atoms with Gasteiger partial charge in [-0.25, -0.2) is 4.98 Å². The predicted octanol–water partition coefficient (Wildman–Crippen LogP) is 3.11. The molecule has 0 saturated heterocycles. The monoisotopic (exact) mass is 233 g/mol. The molecule has 0 atom stereocenters. The number of halogens is 1. The molecule has 1 rings (SSSR count). The molecule has 0 spiro atoms. The van der Waals surface area contributed by atoms with Crippen molar-refractivity contribution in [2.24, 2.45) is 5.41 Å². The quantitative estimate of drug-likeness (QED) is 0.732. The Morgan fingerprint density at radius 1 is 1.64 bits per heavy atom. The lowest BCUT2D eigenvalue weighted by Gasteiger charge is -2.19. The highest BCUT2D eigenvalue weighted by atomic mass is 79.9. The molecule has 0 unspecified atom stereocenters. The zero-order valence-corrected chi connectivity index (χ0v) is 9.20. The van der Waals surface area contributed by atoms with Gasteiger partial charge in [0.15, 0.2) is 0 Å². The molecule has 11 heavy (non-hydrogen) atoms. The van der Waals surface area contributed by atoms with Crippen LogP contribution in [-0.2, 0) is 6.42 Å². The minimum Gasteiger partial charge on any atom is -0.250 e. The standard InChI is InChI=1S/C8H12BrNS/c1-8(2,5-9)3-7-4-11-6-10-7/h4,6H,3,5H2,1-2H3. The van der Waals surface area contributed by atoms with Crippen molar-refractivity contribution in [1.82, 2.24) is 4.98 Å². The van der Waals surface area contributed by atoms with Gasteiger partial charge in [0.2, 0.25) is 0 Å². The average molecular weight is 234 g/mol. The lowest BCUT2D eigenvalue weighted by molar-refractivity contribution is 0.420. The van der Waals surface area contributed by atoms with Gasteiger partial charge in [-0.1, -0.05) is 29.8 Å². The van der Waals surface area contributed by atoms with Gasteiger partial charge in [-0.05, 0) is 11.8 Å². The van der Waals surface area contributed by atoms with Crippen LogP contribution in [0.3, 0.4) is 0 Å². The van der Waals surface area contributed by atoms with Gasteiger partial charge in [-0.3, -0.25) is 0 Å². The number of hydrogen-bond donors (Lipinski definition) is 0. The van der Waals surface area contributed by atoms with Crippen molar-refractivity contribution in [1.29, 1.82) is 0 Å². The van der Waals surface area contributed by atoms with E-state index in [9.17, 15) is 0 Å². The summed E-state index contributed by atoms with van der Waals surface area (Å²) in [6, 6.07) is 0. The maximum atomic E-state index is 4.25. The molecule has 0 saturated carbocycles. The average Bonchev–Trinajstić information content (AvgIpc) is 2.39. The van der Waals surface area contributed by atoms with Crippen molar-refractivity contribution in [3.63, 3.8) is 0 Å². The van der Waals surface area contributed by atoms with Crippen molar-refractivity contribution in [3.05, 3.63) is 16.6 Å². The number of aromatic nitrogens is 1. The van der Waals surface area contributed by atoms with E-state index in [1.165, 1.54) is 5.69 Å². The van der Waals surface area contributed by atoms with Gasteiger partial charge in [-0.15, -0.1) is 11.3 Å². The first kappa shape index (κ1) is 9.20. The lowest BCUT2D eigenvalue weighted by atomic mass is 9.91. The molecular formula is C8H12BrNS. The highest BCUT2D eigenvalue weighted by Crippen LogP contribution is 2.23. The van der Waals surface area contributed by atoms with Gasteiger partial charge in [0, 0.05) is 10.7 Å². The Kier molecular flexibility index (Phi) is 3.07. The Balaban J connectivity index is 2.56. The molecule has 62 valence electrons. The summed E-state index contributed by atoms with van der Waals surface area (Å²) in [7, 11) is 0. The third-order valence-corrected chi connectivity index (χ3v) is 3.66. The summed E-state index contributed by atoms with van der Waals surface area (Å²) in [5, 5.41) is 3.14. The van der Waals surface area contributed by atoms with Gasteiger partial charge in [0.05, 0.1) is 11.2 Å². The smallest absolute Gasteiger partial charge is 0.0794 e. The number of thiazole rings is 1. The van der Waals surface area contributed by atoms with Crippen LogP contribution in [0.4, 0.5) is 0 Å². The van der Waals surface area contributed by atoms with E-state index in [-0.39, 0.29) is 0 Å². The van der Waals surface area contributed by atoms with E-state index in [2.05, 4.69) is 40.1 Å². The SMILES string of the molecule is CC(C)(CBr)Cc1cscn1. The molecule has 1 nitrogen and oxygen atoms in total. The molecule has 0 amide bonds.